The molecule has 1 amide bonds. The van der Waals surface area contributed by atoms with E-state index in [1.807, 2.05) is 47.4 Å². The van der Waals surface area contributed by atoms with Gasteiger partial charge in [0.1, 0.15) is 6.61 Å². The molecule has 5 nitrogen and oxygen atoms in total. The predicted molar refractivity (Wildman–Crippen MR) is 157 cm³/mol. The Bertz CT molecular complexity index is 1220. The van der Waals surface area contributed by atoms with Crippen LogP contribution in [0, 0.1) is 0 Å². The highest BCUT2D eigenvalue weighted by Crippen LogP contribution is 2.41. The van der Waals surface area contributed by atoms with Gasteiger partial charge >= 0.3 is 0 Å². The first-order valence-electron chi connectivity index (χ1n) is 13.6. The molecule has 2 aliphatic carbocycles. The van der Waals surface area contributed by atoms with E-state index in [9.17, 15) is 4.79 Å². The highest BCUT2D eigenvalue weighted by atomic mass is 35.5. The summed E-state index contributed by atoms with van der Waals surface area (Å²) in [5.74, 6) is 1.00. The Hall–Kier alpha value is -2.15. The van der Waals surface area contributed by atoms with Crippen LogP contribution in [0.25, 0.3) is 6.08 Å². The average molecular weight is 574 g/mol. The van der Waals surface area contributed by atoms with Crippen LogP contribution < -0.4 is 9.47 Å². The highest BCUT2D eigenvalue weighted by molar-refractivity contribution is 8.18. The van der Waals surface area contributed by atoms with Crippen molar-refractivity contribution in [3.8, 4) is 11.5 Å². The summed E-state index contributed by atoms with van der Waals surface area (Å²) in [6.07, 6.45) is 13.5. The largest absolute Gasteiger partial charge is 0.493 e. The van der Waals surface area contributed by atoms with Gasteiger partial charge in [-0.2, -0.15) is 0 Å². The van der Waals surface area contributed by atoms with E-state index in [2.05, 4.69) is 0 Å². The van der Waals surface area contributed by atoms with Crippen molar-refractivity contribution in [2.75, 3.05) is 7.11 Å². The molecule has 0 aromatic heterocycles. The van der Waals surface area contributed by atoms with Gasteiger partial charge in [-0.3, -0.25) is 14.7 Å². The Morgan fingerprint density at radius 3 is 2.42 bits per heavy atom. The number of nitrogens with zero attached hydrogens (tertiary/aromatic N) is 2. The SMILES string of the molecule is COc1cc(C=C2SC(=NC3CCCCC3)N(C3CCCCC3)C2=O)cc(Cl)c1OCc1ccccc1Cl. The molecule has 3 aliphatic rings. The van der Waals surface area contributed by atoms with Crippen LogP contribution in [0.5, 0.6) is 11.5 Å². The maximum atomic E-state index is 13.7. The second-order valence-corrected chi connectivity index (χ2v) is 12.0. The van der Waals surface area contributed by atoms with E-state index in [0.717, 1.165) is 54.8 Å². The lowest BCUT2D eigenvalue weighted by Crippen LogP contribution is -2.41. The van der Waals surface area contributed by atoms with Crippen LogP contribution in [0.1, 0.15) is 75.3 Å². The van der Waals surface area contributed by atoms with Crippen molar-refractivity contribution < 1.29 is 14.3 Å². The molecule has 1 aliphatic heterocycles. The summed E-state index contributed by atoms with van der Waals surface area (Å²) >= 11 is 14.4. The van der Waals surface area contributed by atoms with E-state index < -0.39 is 0 Å². The maximum absolute atomic E-state index is 13.7. The molecular weight excluding hydrogens is 539 g/mol. The molecule has 0 radical (unpaired) electrons. The monoisotopic (exact) mass is 572 g/mol. The number of amidine groups is 1. The molecule has 2 saturated carbocycles. The zero-order valence-corrected chi connectivity index (χ0v) is 24.1. The number of thioether (sulfide) groups is 1. The van der Waals surface area contributed by atoms with Crippen LogP contribution in [0.2, 0.25) is 10.0 Å². The minimum absolute atomic E-state index is 0.0468. The van der Waals surface area contributed by atoms with E-state index in [4.69, 9.17) is 37.7 Å². The molecule has 1 heterocycles. The Kier molecular flexibility index (Phi) is 9.24. The second kappa shape index (κ2) is 12.8. The third kappa shape index (κ3) is 6.35. The summed E-state index contributed by atoms with van der Waals surface area (Å²) in [6, 6.07) is 11.7. The van der Waals surface area contributed by atoms with Crippen LogP contribution in [0.3, 0.4) is 0 Å². The van der Waals surface area contributed by atoms with E-state index in [0.29, 0.717) is 32.5 Å². The minimum Gasteiger partial charge on any atom is -0.493 e. The number of benzene rings is 2. The van der Waals surface area contributed by atoms with E-state index >= 15 is 0 Å². The molecule has 38 heavy (non-hydrogen) atoms. The normalized spacial score (nSPS) is 21.4. The fourth-order valence-electron chi connectivity index (χ4n) is 5.48. The summed E-state index contributed by atoms with van der Waals surface area (Å²) < 4.78 is 11.6. The molecule has 0 spiro atoms. The van der Waals surface area contributed by atoms with Gasteiger partial charge in [0, 0.05) is 16.6 Å². The number of hydrogen-bond donors (Lipinski definition) is 0. The fraction of sp³-hybridized carbons (Fsp3) is 0.467. The van der Waals surface area contributed by atoms with Crippen molar-refractivity contribution in [2.24, 2.45) is 4.99 Å². The summed E-state index contributed by atoms with van der Waals surface area (Å²) in [6.45, 7) is 0.266. The van der Waals surface area contributed by atoms with E-state index in [1.165, 1.54) is 37.4 Å². The molecule has 0 unspecified atom stereocenters. The van der Waals surface area contributed by atoms with Gasteiger partial charge in [0.05, 0.1) is 23.1 Å². The quantitative estimate of drug-likeness (QED) is 0.312. The van der Waals surface area contributed by atoms with Crippen LogP contribution in [-0.2, 0) is 11.4 Å². The minimum atomic E-state index is 0.0468. The third-order valence-electron chi connectivity index (χ3n) is 7.52. The standard InChI is InChI=1S/C30H34Cl2N2O3S/c1-36-26-17-20(16-25(32)28(26)37-19-21-10-8-9-15-24(21)31)18-27-29(35)34(23-13-6-3-7-14-23)30(38-27)33-22-11-4-2-5-12-22/h8-10,15-18,22-23H,2-7,11-14,19H2,1H3. The van der Waals surface area contributed by atoms with Crippen LogP contribution in [0.15, 0.2) is 46.3 Å². The van der Waals surface area contributed by atoms with Crippen molar-refractivity contribution in [3.05, 3.63) is 62.5 Å². The molecule has 3 fully saturated rings. The number of methoxy groups -OCH3 is 1. The third-order valence-corrected chi connectivity index (χ3v) is 9.17. The van der Waals surface area contributed by atoms with Gasteiger partial charge in [-0.25, -0.2) is 0 Å². The van der Waals surface area contributed by atoms with Gasteiger partial charge in [0.15, 0.2) is 16.7 Å². The molecule has 2 aromatic rings. The van der Waals surface area contributed by atoms with Crippen molar-refractivity contribution in [2.45, 2.75) is 82.9 Å². The number of ether oxygens (including phenoxy) is 2. The topological polar surface area (TPSA) is 51.1 Å². The van der Waals surface area contributed by atoms with Gasteiger partial charge in [-0.05, 0) is 67.3 Å². The molecular formula is C30H34Cl2N2O3S. The molecule has 8 heteroatoms. The smallest absolute Gasteiger partial charge is 0.266 e. The number of rotatable bonds is 7. The number of aliphatic imine (C=N–C) groups is 1. The zero-order valence-electron chi connectivity index (χ0n) is 21.8. The molecule has 1 saturated heterocycles. The lowest BCUT2D eigenvalue weighted by molar-refractivity contribution is -0.124. The van der Waals surface area contributed by atoms with E-state index in [-0.39, 0.29) is 18.6 Å². The highest BCUT2D eigenvalue weighted by Gasteiger charge is 2.39. The van der Waals surface area contributed by atoms with Crippen molar-refractivity contribution in [1.29, 1.82) is 0 Å². The lowest BCUT2D eigenvalue weighted by Gasteiger charge is -2.31. The van der Waals surface area contributed by atoms with Crippen molar-refractivity contribution in [3.63, 3.8) is 0 Å². The molecule has 2 aromatic carbocycles. The Morgan fingerprint density at radius 2 is 1.71 bits per heavy atom. The first-order chi connectivity index (χ1) is 18.5. The first-order valence-corrected chi connectivity index (χ1v) is 15.2. The van der Waals surface area contributed by atoms with Gasteiger partial charge in [-0.1, -0.05) is 79.9 Å². The number of halogens is 2. The molecule has 202 valence electrons. The van der Waals surface area contributed by atoms with Gasteiger partial charge < -0.3 is 9.47 Å². The van der Waals surface area contributed by atoms with Crippen LogP contribution >= 0.6 is 35.0 Å². The van der Waals surface area contributed by atoms with Crippen LogP contribution in [-0.4, -0.2) is 35.2 Å². The summed E-state index contributed by atoms with van der Waals surface area (Å²) in [5, 5.41) is 1.92. The van der Waals surface area contributed by atoms with Crippen molar-refractivity contribution >= 4 is 52.1 Å². The number of carbonyl (C=O) groups excluding carboxylic acids is 1. The van der Waals surface area contributed by atoms with Crippen molar-refractivity contribution in [1.82, 2.24) is 4.90 Å². The average Bonchev–Trinajstić information content (AvgIpc) is 3.23. The Labute approximate surface area is 239 Å². The van der Waals surface area contributed by atoms with Gasteiger partial charge in [0.2, 0.25) is 0 Å². The molecule has 0 N–H and O–H groups in total. The number of hydrogen-bond acceptors (Lipinski definition) is 5. The molecule has 0 atom stereocenters. The zero-order chi connectivity index (χ0) is 26.5. The van der Waals surface area contributed by atoms with Gasteiger partial charge in [0.25, 0.3) is 5.91 Å². The maximum Gasteiger partial charge on any atom is 0.266 e. The first kappa shape index (κ1) is 27.4. The fourth-order valence-corrected chi connectivity index (χ4v) is 7.06. The lowest BCUT2D eigenvalue weighted by atomic mass is 9.94. The summed E-state index contributed by atoms with van der Waals surface area (Å²) in [7, 11) is 1.58. The Balaban J connectivity index is 1.40. The molecule has 0 bridgehead atoms. The Morgan fingerprint density at radius 1 is 1.00 bits per heavy atom. The molecule has 5 rings (SSSR count). The number of amides is 1. The summed E-state index contributed by atoms with van der Waals surface area (Å²) in [4.78, 5) is 21.5. The second-order valence-electron chi connectivity index (χ2n) is 10.2. The van der Waals surface area contributed by atoms with E-state index in [1.54, 1.807) is 7.11 Å². The summed E-state index contributed by atoms with van der Waals surface area (Å²) in [5.41, 5.74) is 1.65. The number of carbonyl (C=O) groups is 1. The predicted octanol–water partition coefficient (Wildman–Crippen LogP) is 8.52. The van der Waals surface area contributed by atoms with Gasteiger partial charge in [-0.15, -0.1) is 0 Å². The van der Waals surface area contributed by atoms with Crippen LogP contribution in [0.4, 0.5) is 0 Å².